The van der Waals surface area contributed by atoms with Crippen molar-refractivity contribution < 1.29 is 9.21 Å². The van der Waals surface area contributed by atoms with Gasteiger partial charge in [-0.3, -0.25) is 4.79 Å². The van der Waals surface area contributed by atoms with E-state index in [-0.39, 0.29) is 11.9 Å². The van der Waals surface area contributed by atoms with Gasteiger partial charge < -0.3 is 9.73 Å². The highest BCUT2D eigenvalue weighted by Crippen LogP contribution is 2.28. The second kappa shape index (κ2) is 7.52. The highest BCUT2D eigenvalue weighted by Gasteiger charge is 2.20. The largest absolute Gasteiger partial charge is 0.463 e. The number of anilines is 1. The Morgan fingerprint density at radius 1 is 1.16 bits per heavy atom. The summed E-state index contributed by atoms with van der Waals surface area (Å²) in [5, 5.41) is 16.0. The van der Waals surface area contributed by atoms with Gasteiger partial charge in [-0.1, -0.05) is 17.3 Å². The Kier molecular flexibility index (Phi) is 4.55. The topological polar surface area (TPSA) is 104 Å². The summed E-state index contributed by atoms with van der Waals surface area (Å²) in [6, 6.07) is 12.8. The first kappa shape index (κ1) is 18.7. The zero-order valence-electron chi connectivity index (χ0n) is 16.9. The lowest BCUT2D eigenvalue weighted by Gasteiger charge is -2.12. The number of pyridine rings is 1. The Morgan fingerprint density at radius 2 is 2.03 bits per heavy atom. The smallest absolute Gasteiger partial charge is 0.256 e. The molecular weight excluding hydrogens is 394 g/mol. The quantitative estimate of drug-likeness (QED) is 0.465. The molecule has 0 aliphatic carbocycles. The molecule has 1 amide bonds. The van der Waals surface area contributed by atoms with Gasteiger partial charge in [-0.2, -0.15) is 5.10 Å². The minimum Gasteiger partial charge on any atom is -0.463 e. The number of amides is 1. The van der Waals surface area contributed by atoms with E-state index in [9.17, 15) is 4.79 Å². The zero-order valence-corrected chi connectivity index (χ0v) is 16.9. The van der Waals surface area contributed by atoms with Crippen molar-refractivity contribution in [3.05, 3.63) is 72.9 Å². The van der Waals surface area contributed by atoms with Crippen molar-refractivity contribution >= 4 is 22.6 Å². The molecule has 0 atom stereocenters. The number of hydrogen-bond acceptors (Lipinski definition) is 6. The summed E-state index contributed by atoms with van der Waals surface area (Å²) in [6.45, 7) is 4.03. The van der Waals surface area contributed by atoms with Gasteiger partial charge in [-0.25, -0.2) is 14.3 Å². The maximum atomic E-state index is 13.4. The molecule has 154 valence electrons. The average Bonchev–Trinajstić information content (AvgIpc) is 3.54. The predicted molar refractivity (Wildman–Crippen MR) is 115 cm³/mol. The van der Waals surface area contributed by atoms with Crippen LogP contribution in [0.5, 0.6) is 0 Å². The highest BCUT2D eigenvalue weighted by atomic mass is 16.3. The summed E-state index contributed by atoms with van der Waals surface area (Å²) in [5.74, 6) is 0.298. The van der Waals surface area contributed by atoms with E-state index < -0.39 is 0 Å². The number of fused-ring (bicyclic) bond motifs is 1. The Bertz CT molecular complexity index is 1350. The van der Waals surface area contributed by atoms with Crippen LogP contribution in [0.1, 0.15) is 30.2 Å². The number of furan rings is 1. The standard InChI is InChI=1S/C22H19N7O2/c1-14(2)29-21-16(13-24-29)15(12-18(25-21)20-8-5-11-31-20)22(30)26-17-6-3-4-7-19(17)28-10-9-23-27-28/h3-14H,1-2H3,(H,26,30). The Morgan fingerprint density at radius 3 is 2.77 bits per heavy atom. The molecule has 0 radical (unpaired) electrons. The third-order valence-electron chi connectivity index (χ3n) is 4.90. The molecule has 1 N–H and O–H groups in total. The van der Waals surface area contributed by atoms with Gasteiger partial charge in [0.1, 0.15) is 5.69 Å². The molecule has 0 aliphatic rings. The molecule has 1 aromatic carbocycles. The third kappa shape index (κ3) is 3.35. The minimum absolute atomic E-state index is 0.0841. The van der Waals surface area contributed by atoms with Gasteiger partial charge in [0.2, 0.25) is 0 Å². The monoisotopic (exact) mass is 413 g/mol. The number of carbonyl (C=O) groups is 1. The van der Waals surface area contributed by atoms with E-state index in [2.05, 4.69) is 20.7 Å². The van der Waals surface area contributed by atoms with Gasteiger partial charge in [0, 0.05) is 6.04 Å². The fraction of sp³-hybridized carbons (Fsp3) is 0.136. The number of nitrogens with zero attached hydrogens (tertiary/aromatic N) is 6. The molecule has 0 saturated carbocycles. The first-order valence-corrected chi connectivity index (χ1v) is 9.81. The lowest BCUT2D eigenvalue weighted by atomic mass is 10.1. The summed E-state index contributed by atoms with van der Waals surface area (Å²) in [4.78, 5) is 18.1. The summed E-state index contributed by atoms with van der Waals surface area (Å²) in [7, 11) is 0. The van der Waals surface area contributed by atoms with E-state index in [0.29, 0.717) is 39.4 Å². The van der Waals surface area contributed by atoms with Crippen LogP contribution in [0.4, 0.5) is 5.69 Å². The van der Waals surface area contributed by atoms with Crippen LogP contribution in [0.25, 0.3) is 28.2 Å². The average molecular weight is 413 g/mol. The van der Waals surface area contributed by atoms with Gasteiger partial charge >= 0.3 is 0 Å². The molecule has 5 rings (SSSR count). The number of aromatic nitrogens is 6. The number of para-hydroxylation sites is 2. The van der Waals surface area contributed by atoms with Gasteiger partial charge in [0.15, 0.2) is 11.4 Å². The number of benzene rings is 1. The maximum Gasteiger partial charge on any atom is 0.256 e. The van der Waals surface area contributed by atoms with Gasteiger partial charge in [-0.15, -0.1) is 5.10 Å². The molecule has 0 fully saturated rings. The SMILES string of the molecule is CC(C)n1ncc2c(C(=O)Nc3ccccc3-n3ccnn3)cc(-c3ccco3)nc21. The predicted octanol–water partition coefficient (Wildman–Crippen LogP) is 4.11. The second-order valence-electron chi connectivity index (χ2n) is 7.27. The molecule has 0 bridgehead atoms. The Labute approximate surface area is 177 Å². The molecular formula is C22H19N7O2. The molecule has 4 heterocycles. The Hall–Kier alpha value is -4.27. The fourth-order valence-corrected chi connectivity index (χ4v) is 3.44. The van der Waals surface area contributed by atoms with Crippen LogP contribution in [0.3, 0.4) is 0 Å². The molecule has 5 aromatic rings. The second-order valence-corrected chi connectivity index (χ2v) is 7.27. The number of nitrogens with one attached hydrogen (secondary N) is 1. The summed E-state index contributed by atoms with van der Waals surface area (Å²) >= 11 is 0. The molecule has 9 heteroatoms. The lowest BCUT2D eigenvalue weighted by Crippen LogP contribution is -2.15. The normalized spacial score (nSPS) is 11.3. The van der Waals surface area contributed by atoms with Gasteiger partial charge in [-0.05, 0) is 44.2 Å². The minimum atomic E-state index is -0.281. The molecule has 0 spiro atoms. The van der Waals surface area contributed by atoms with E-state index >= 15 is 0 Å². The van der Waals surface area contributed by atoms with Gasteiger partial charge in [0.05, 0.1) is 47.2 Å². The van der Waals surface area contributed by atoms with Crippen molar-refractivity contribution in [1.29, 1.82) is 0 Å². The van der Waals surface area contributed by atoms with E-state index in [1.165, 1.54) is 0 Å². The van der Waals surface area contributed by atoms with Crippen molar-refractivity contribution in [1.82, 2.24) is 29.8 Å². The molecule has 31 heavy (non-hydrogen) atoms. The van der Waals surface area contributed by atoms with E-state index in [0.717, 1.165) is 0 Å². The molecule has 0 aliphatic heterocycles. The molecule has 0 unspecified atom stereocenters. The zero-order chi connectivity index (χ0) is 21.4. The van der Waals surface area contributed by atoms with Crippen LogP contribution in [-0.2, 0) is 0 Å². The first-order valence-electron chi connectivity index (χ1n) is 9.81. The summed E-state index contributed by atoms with van der Waals surface area (Å²) in [5.41, 5.74) is 2.96. The van der Waals surface area contributed by atoms with Crippen LogP contribution >= 0.6 is 0 Å². The van der Waals surface area contributed by atoms with Crippen molar-refractivity contribution in [2.75, 3.05) is 5.32 Å². The van der Waals surface area contributed by atoms with Crippen LogP contribution < -0.4 is 5.32 Å². The lowest BCUT2D eigenvalue weighted by molar-refractivity contribution is 0.102. The number of hydrogen-bond donors (Lipinski definition) is 1. The van der Waals surface area contributed by atoms with Crippen LogP contribution in [0.2, 0.25) is 0 Å². The molecule has 9 nitrogen and oxygen atoms in total. The molecule has 0 saturated heterocycles. The highest BCUT2D eigenvalue weighted by molar-refractivity contribution is 6.13. The van der Waals surface area contributed by atoms with Gasteiger partial charge in [0.25, 0.3) is 5.91 Å². The van der Waals surface area contributed by atoms with E-state index in [1.807, 2.05) is 44.2 Å². The van der Waals surface area contributed by atoms with Crippen molar-refractivity contribution in [2.24, 2.45) is 0 Å². The fourth-order valence-electron chi connectivity index (χ4n) is 3.44. The van der Waals surface area contributed by atoms with Crippen LogP contribution in [0.15, 0.2) is 71.7 Å². The van der Waals surface area contributed by atoms with Crippen molar-refractivity contribution in [3.8, 4) is 17.1 Å². The summed E-state index contributed by atoms with van der Waals surface area (Å²) in [6.07, 6.45) is 6.56. The van der Waals surface area contributed by atoms with E-state index in [1.54, 1.807) is 46.4 Å². The van der Waals surface area contributed by atoms with Crippen molar-refractivity contribution in [2.45, 2.75) is 19.9 Å². The maximum absolute atomic E-state index is 13.4. The third-order valence-corrected chi connectivity index (χ3v) is 4.90. The van der Waals surface area contributed by atoms with E-state index in [4.69, 9.17) is 9.40 Å². The number of rotatable bonds is 5. The summed E-state index contributed by atoms with van der Waals surface area (Å²) < 4.78 is 8.92. The first-order chi connectivity index (χ1) is 15.1. The van der Waals surface area contributed by atoms with Crippen LogP contribution in [0, 0.1) is 0 Å². The molecule has 4 aromatic heterocycles. The Balaban J connectivity index is 1.61. The van der Waals surface area contributed by atoms with Crippen molar-refractivity contribution in [3.63, 3.8) is 0 Å². The van der Waals surface area contributed by atoms with Crippen LogP contribution in [-0.4, -0.2) is 35.7 Å². The number of carbonyl (C=O) groups excluding carboxylic acids is 1.